The molecule has 0 unspecified atom stereocenters. The lowest BCUT2D eigenvalue weighted by molar-refractivity contribution is 0.0342. The van der Waals surface area contributed by atoms with Crippen LogP contribution in [0, 0.1) is 5.82 Å². The average Bonchev–Trinajstić information content (AvgIpc) is 3.39. The molecule has 0 bridgehead atoms. The zero-order chi connectivity index (χ0) is 22.8. The van der Waals surface area contributed by atoms with E-state index in [-0.39, 0.29) is 5.82 Å². The van der Waals surface area contributed by atoms with Crippen LogP contribution in [0.1, 0.15) is 30.8 Å². The number of aryl methyl sites for hydroxylation is 2. The number of fused-ring (bicyclic) bond motifs is 1. The number of aromatic nitrogens is 3. The number of nitrogens with zero attached hydrogens (tertiary/aromatic N) is 4. The number of ether oxygens (including phenoxy) is 1. The minimum absolute atomic E-state index is 0.212. The van der Waals surface area contributed by atoms with E-state index in [0.29, 0.717) is 6.54 Å². The van der Waals surface area contributed by atoms with Crippen LogP contribution >= 0.6 is 0 Å². The Morgan fingerprint density at radius 3 is 2.61 bits per heavy atom. The summed E-state index contributed by atoms with van der Waals surface area (Å²) in [5, 5.41) is 0. The van der Waals surface area contributed by atoms with Crippen LogP contribution in [-0.4, -0.2) is 45.3 Å². The molecule has 33 heavy (non-hydrogen) atoms. The van der Waals surface area contributed by atoms with E-state index in [2.05, 4.69) is 58.3 Å². The SMILES string of the molecule is CCc1ccn(Cc2nc3cc(CN4CCOCC4)ccc3n2CC)c1-c1cccc(F)c1. The maximum atomic E-state index is 14.0. The highest BCUT2D eigenvalue weighted by Crippen LogP contribution is 2.28. The van der Waals surface area contributed by atoms with Gasteiger partial charge in [-0.15, -0.1) is 0 Å². The molecule has 6 heteroatoms. The maximum Gasteiger partial charge on any atom is 0.129 e. The van der Waals surface area contributed by atoms with Crippen LogP contribution in [-0.2, 0) is 30.8 Å². The van der Waals surface area contributed by atoms with Gasteiger partial charge in [0, 0.05) is 37.9 Å². The van der Waals surface area contributed by atoms with E-state index >= 15 is 0 Å². The summed E-state index contributed by atoms with van der Waals surface area (Å²) in [6.45, 7) is 10.3. The van der Waals surface area contributed by atoms with Crippen molar-refractivity contribution in [3.63, 3.8) is 0 Å². The van der Waals surface area contributed by atoms with E-state index in [1.54, 1.807) is 12.1 Å². The standard InChI is InChI=1S/C27H31FN4O/c1-3-21-10-11-31(27(21)22-6-5-7-23(28)17-22)19-26-29-24-16-20(8-9-25(24)32(26)4-2)18-30-12-14-33-15-13-30/h5-11,16-17H,3-4,12-15,18-19H2,1-2H3. The molecule has 2 aromatic carbocycles. The minimum atomic E-state index is -0.212. The molecule has 1 saturated heterocycles. The smallest absolute Gasteiger partial charge is 0.129 e. The van der Waals surface area contributed by atoms with Gasteiger partial charge >= 0.3 is 0 Å². The van der Waals surface area contributed by atoms with Crippen molar-refractivity contribution in [3.05, 3.63) is 77.5 Å². The molecule has 0 aliphatic carbocycles. The second-order valence-corrected chi connectivity index (χ2v) is 8.67. The monoisotopic (exact) mass is 446 g/mol. The largest absolute Gasteiger partial charge is 0.379 e. The molecular formula is C27H31FN4O. The van der Waals surface area contributed by atoms with E-state index in [1.807, 2.05) is 6.07 Å². The van der Waals surface area contributed by atoms with Gasteiger partial charge in [-0.1, -0.05) is 25.1 Å². The molecule has 0 saturated carbocycles. The quantitative estimate of drug-likeness (QED) is 0.396. The molecule has 1 aliphatic heterocycles. The highest BCUT2D eigenvalue weighted by Gasteiger charge is 2.17. The van der Waals surface area contributed by atoms with Gasteiger partial charge in [0.25, 0.3) is 0 Å². The zero-order valence-electron chi connectivity index (χ0n) is 19.4. The minimum Gasteiger partial charge on any atom is -0.379 e. The van der Waals surface area contributed by atoms with Crippen molar-refractivity contribution in [3.8, 4) is 11.3 Å². The molecule has 0 atom stereocenters. The molecule has 0 radical (unpaired) electrons. The van der Waals surface area contributed by atoms with Gasteiger partial charge in [0.2, 0.25) is 0 Å². The first-order valence-electron chi connectivity index (χ1n) is 11.9. The van der Waals surface area contributed by atoms with Crippen molar-refractivity contribution < 1.29 is 9.13 Å². The molecular weight excluding hydrogens is 415 g/mol. The van der Waals surface area contributed by atoms with Crippen molar-refractivity contribution in [1.29, 1.82) is 0 Å². The topological polar surface area (TPSA) is 35.2 Å². The zero-order valence-corrected chi connectivity index (χ0v) is 19.4. The van der Waals surface area contributed by atoms with Crippen LogP contribution in [0.2, 0.25) is 0 Å². The molecule has 5 rings (SSSR count). The molecule has 172 valence electrons. The fourth-order valence-corrected chi connectivity index (χ4v) is 4.89. The van der Waals surface area contributed by atoms with Crippen LogP contribution in [0.5, 0.6) is 0 Å². The summed E-state index contributed by atoms with van der Waals surface area (Å²) >= 11 is 0. The summed E-state index contributed by atoms with van der Waals surface area (Å²) in [7, 11) is 0. The Hall–Kier alpha value is -2.96. The highest BCUT2D eigenvalue weighted by molar-refractivity contribution is 5.77. The van der Waals surface area contributed by atoms with Crippen LogP contribution in [0.3, 0.4) is 0 Å². The van der Waals surface area contributed by atoms with Gasteiger partial charge in [-0.25, -0.2) is 9.37 Å². The van der Waals surface area contributed by atoms with E-state index in [1.165, 1.54) is 17.2 Å². The highest BCUT2D eigenvalue weighted by atomic mass is 19.1. The van der Waals surface area contributed by atoms with Crippen molar-refractivity contribution in [1.82, 2.24) is 19.0 Å². The second-order valence-electron chi connectivity index (χ2n) is 8.67. The lowest BCUT2D eigenvalue weighted by Gasteiger charge is -2.26. The van der Waals surface area contributed by atoms with Crippen molar-refractivity contribution in [2.75, 3.05) is 26.3 Å². The average molecular weight is 447 g/mol. The van der Waals surface area contributed by atoms with E-state index in [4.69, 9.17) is 9.72 Å². The Kier molecular flexibility index (Phi) is 6.29. The Balaban J connectivity index is 1.48. The van der Waals surface area contributed by atoms with Crippen molar-refractivity contribution in [2.24, 2.45) is 0 Å². The van der Waals surface area contributed by atoms with Crippen LogP contribution in [0.4, 0.5) is 4.39 Å². The van der Waals surface area contributed by atoms with Crippen LogP contribution in [0.25, 0.3) is 22.3 Å². The van der Waals surface area contributed by atoms with Gasteiger partial charge in [0.15, 0.2) is 0 Å². The summed E-state index contributed by atoms with van der Waals surface area (Å²) in [5.74, 6) is 0.808. The Morgan fingerprint density at radius 2 is 1.85 bits per heavy atom. The Labute approximate surface area is 194 Å². The normalized spacial score (nSPS) is 14.9. The summed E-state index contributed by atoms with van der Waals surface area (Å²) in [4.78, 5) is 7.48. The molecule has 0 N–H and O–H groups in total. The number of morpholine rings is 1. The molecule has 3 heterocycles. The van der Waals surface area contributed by atoms with Gasteiger partial charge in [-0.3, -0.25) is 4.90 Å². The van der Waals surface area contributed by atoms with Gasteiger partial charge < -0.3 is 13.9 Å². The van der Waals surface area contributed by atoms with Gasteiger partial charge in [-0.2, -0.15) is 0 Å². The number of hydrogen-bond acceptors (Lipinski definition) is 3. The first kappa shape index (κ1) is 21.9. The molecule has 5 nitrogen and oxygen atoms in total. The first-order chi connectivity index (χ1) is 16.2. The fourth-order valence-electron chi connectivity index (χ4n) is 4.89. The lowest BCUT2D eigenvalue weighted by Crippen LogP contribution is -2.35. The summed E-state index contributed by atoms with van der Waals surface area (Å²) in [6.07, 6.45) is 3.00. The third kappa shape index (κ3) is 4.45. The summed E-state index contributed by atoms with van der Waals surface area (Å²) in [5.41, 5.74) is 6.67. The number of hydrogen-bond donors (Lipinski definition) is 0. The Bertz CT molecular complexity index is 1250. The second kappa shape index (κ2) is 9.49. The number of imidazole rings is 1. The molecule has 0 amide bonds. The van der Waals surface area contributed by atoms with Gasteiger partial charge in [-0.05, 0) is 54.8 Å². The molecule has 1 fully saturated rings. The Morgan fingerprint density at radius 1 is 1.00 bits per heavy atom. The van der Waals surface area contributed by atoms with Crippen LogP contribution in [0.15, 0.2) is 54.7 Å². The fraction of sp³-hybridized carbons (Fsp3) is 0.370. The van der Waals surface area contributed by atoms with E-state index < -0.39 is 0 Å². The first-order valence-corrected chi connectivity index (χ1v) is 11.9. The van der Waals surface area contributed by atoms with Crippen molar-refractivity contribution >= 4 is 11.0 Å². The number of benzene rings is 2. The third-order valence-corrected chi connectivity index (χ3v) is 6.56. The lowest BCUT2D eigenvalue weighted by atomic mass is 10.1. The number of rotatable bonds is 7. The third-order valence-electron chi connectivity index (χ3n) is 6.56. The van der Waals surface area contributed by atoms with Gasteiger partial charge in [0.1, 0.15) is 11.6 Å². The maximum absolute atomic E-state index is 14.0. The predicted octanol–water partition coefficient (Wildman–Crippen LogP) is 5.11. The van der Waals surface area contributed by atoms with E-state index in [9.17, 15) is 4.39 Å². The number of halogens is 1. The summed E-state index contributed by atoms with van der Waals surface area (Å²) in [6, 6.07) is 15.7. The molecule has 1 aliphatic rings. The molecule has 0 spiro atoms. The van der Waals surface area contributed by atoms with Gasteiger partial charge in [0.05, 0.1) is 36.5 Å². The van der Waals surface area contributed by atoms with E-state index in [0.717, 1.165) is 73.9 Å². The van der Waals surface area contributed by atoms with Crippen molar-refractivity contribution in [2.45, 2.75) is 39.9 Å². The summed E-state index contributed by atoms with van der Waals surface area (Å²) < 4.78 is 23.9. The van der Waals surface area contributed by atoms with Crippen LogP contribution < -0.4 is 0 Å². The molecule has 2 aromatic heterocycles. The molecule has 4 aromatic rings. The predicted molar refractivity (Wildman–Crippen MR) is 130 cm³/mol.